The van der Waals surface area contributed by atoms with E-state index >= 15 is 0 Å². The minimum absolute atomic E-state index is 0.247. The number of nitrogens with zero attached hydrogens (tertiary/aromatic N) is 6. The Balaban J connectivity index is 0.000000164. The van der Waals surface area contributed by atoms with Crippen molar-refractivity contribution in [2.24, 2.45) is 5.84 Å². The highest BCUT2D eigenvalue weighted by molar-refractivity contribution is 9.10. The number of nitrogens with one attached hydrogen (secondary N) is 1. The first-order valence-electron chi connectivity index (χ1n) is 5.60. The van der Waals surface area contributed by atoms with E-state index in [4.69, 9.17) is 29.0 Å². The molecule has 0 aliphatic carbocycles. The fourth-order valence-corrected chi connectivity index (χ4v) is 2.67. The van der Waals surface area contributed by atoms with Crippen molar-refractivity contribution in [2.45, 2.75) is 6.92 Å². The number of aryl methyl sites for hydroxylation is 1. The summed E-state index contributed by atoms with van der Waals surface area (Å²) < 4.78 is 3.03. The standard InChI is InChI=1S/C6H4BrClN4.C4H4BrClN4/c1-3-10-11-6-5(8)9-4(7)2-12(3)6;5-2-1-8-4(10-7)3(6)9-2/h2H,1H3;1H,7H2,(H,8,10). The molecule has 12 heteroatoms. The summed E-state index contributed by atoms with van der Waals surface area (Å²) in [6.45, 7) is 1.85. The van der Waals surface area contributed by atoms with Crippen LogP contribution in [0.5, 0.6) is 0 Å². The van der Waals surface area contributed by atoms with Crippen molar-refractivity contribution in [3.05, 3.63) is 37.7 Å². The quantitative estimate of drug-likeness (QED) is 0.416. The van der Waals surface area contributed by atoms with Crippen LogP contribution in [0.4, 0.5) is 5.82 Å². The Labute approximate surface area is 151 Å². The maximum Gasteiger partial charge on any atom is 0.198 e. The van der Waals surface area contributed by atoms with Crippen LogP contribution < -0.4 is 11.3 Å². The van der Waals surface area contributed by atoms with Crippen LogP contribution in [0.2, 0.25) is 10.3 Å². The maximum atomic E-state index is 5.81. The van der Waals surface area contributed by atoms with Crippen LogP contribution >= 0.6 is 55.1 Å². The minimum atomic E-state index is 0.247. The van der Waals surface area contributed by atoms with Crippen LogP contribution in [0.15, 0.2) is 21.6 Å². The lowest BCUT2D eigenvalue weighted by atomic mass is 10.6. The van der Waals surface area contributed by atoms with Gasteiger partial charge >= 0.3 is 0 Å². The first kappa shape index (κ1) is 17.3. The maximum absolute atomic E-state index is 5.81. The molecule has 0 amide bonds. The number of hydrogen-bond donors (Lipinski definition) is 2. The zero-order valence-electron chi connectivity index (χ0n) is 10.9. The number of fused-ring (bicyclic) bond motifs is 1. The fourth-order valence-electron chi connectivity index (χ4n) is 1.39. The number of anilines is 1. The second-order valence-electron chi connectivity index (χ2n) is 3.77. The lowest BCUT2D eigenvalue weighted by Gasteiger charge is -1.98. The number of nitrogen functional groups attached to an aromatic ring is 1. The van der Waals surface area contributed by atoms with E-state index in [-0.39, 0.29) is 5.15 Å². The average Bonchev–Trinajstić information content (AvgIpc) is 2.82. The van der Waals surface area contributed by atoms with Crippen molar-refractivity contribution < 1.29 is 0 Å². The highest BCUT2D eigenvalue weighted by atomic mass is 79.9. The molecule has 0 atom stereocenters. The number of hydrazine groups is 1. The molecule has 0 saturated heterocycles. The van der Waals surface area contributed by atoms with Gasteiger partial charge in [0.25, 0.3) is 0 Å². The average molecular weight is 471 g/mol. The minimum Gasteiger partial charge on any atom is -0.306 e. The SMILES string of the molecule is Cc1nnc2c(Cl)nc(Br)cn12.NNc1ncc(Br)nc1Cl. The molecule has 0 radical (unpaired) electrons. The van der Waals surface area contributed by atoms with Gasteiger partial charge in [0.2, 0.25) is 0 Å². The zero-order valence-corrected chi connectivity index (χ0v) is 15.6. The topological polar surface area (TPSA) is 107 Å². The molecule has 3 aromatic heterocycles. The summed E-state index contributed by atoms with van der Waals surface area (Å²) >= 11 is 17.7. The van der Waals surface area contributed by atoms with Crippen LogP contribution in [-0.4, -0.2) is 29.5 Å². The predicted molar refractivity (Wildman–Crippen MR) is 90.8 cm³/mol. The zero-order chi connectivity index (χ0) is 16.3. The Hall–Kier alpha value is -1.07. The van der Waals surface area contributed by atoms with Crippen molar-refractivity contribution in [1.82, 2.24) is 29.5 Å². The molecule has 0 aliphatic rings. The Morgan fingerprint density at radius 3 is 2.45 bits per heavy atom. The molecule has 3 aromatic rings. The lowest BCUT2D eigenvalue weighted by Crippen LogP contribution is -2.09. The van der Waals surface area contributed by atoms with Crippen LogP contribution in [0.3, 0.4) is 0 Å². The molecular formula is C10H8Br2Cl2N8. The molecule has 22 heavy (non-hydrogen) atoms. The van der Waals surface area contributed by atoms with Crippen molar-refractivity contribution in [3.8, 4) is 0 Å². The highest BCUT2D eigenvalue weighted by Gasteiger charge is 2.06. The summed E-state index contributed by atoms with van der Waals surface area (Å²) in [4.78, 5) is 11.6. The molecule has 3 rings (SSSR count). The van der Waals surface area contributed by atoms with Gasteiger partial charge in [0.15, 0.2) is 21.8 Å². The Morgan fingerprint density at radius 1 is 1.14 bits per heavy atom. The van der Waals surface area contributed by atoms with E-state index in [1.165, 1.54) is 6.20 Å². The van der Waals surface area contributed by atoms with Crippen molar-refractivity contribution >= 4 is 66.5 Å². The summed E-state index contributed by atoms with van der Waals surface area (Å²) in [5.41, 5.74) is 2.88. The molecule has 0 bridgehead atoms. The first-order chi connectivity index (χ1) is 10.4. The predicted octanol–water partition coefficient (Wildman–Crippen LogP) is 3.03. The molecule has 116 valence electrons. The lowest BCUT2D eigenvalue weighted by molar-refractivity contribution is 0.996. The van der Waals surface area contributed by atoms with E-state index in [0.717, 1.165) is 5.82 Å². The van der Waals surface area contributed by atoms with E-state index in [1.54, 1.807) is 10.6 Å². The largest absolute Gasteiger partial charge is 0.306 e. The Bertz CT molecular complexity index is 809. The Kier molecular flexibility index (Phi) is 5.87. The van der Waals surface area contributed by atoms with Gasteiger partial charge in [-0.05, 0) is 38.8 Å². The van der Waals surface area contributed by atoms with Crippen LogP contribution in [0.1, 0.15) is 5.82 Å². The number of nitrogens with two attached hydrogens (primary N) is 1. The van der Waals surface area contributed by atoms with E-state index < -0.39 is 0 Å². The monoisotopic (exact) mass is 468 g/mol. The van der Waals surface area contributed by atoms with Gasteiger partial charge in [-0.2, -0.15) is 0 Å². The van der Waals surface area contributed by atoms with Gasteiger partial charge in [0.05, 0.1) is 6.20 Å². The molecule has 0 unspecified atom stereocenters. The van der Waals surface area contributed by atoms with Gasteiger partial charge in [-0.3, -0.25) is 4.40 Å². The van der Waals surface area contributed by atoms with Crippen molar-refractivity contribution in [2.75, 3.05) is 5.43 Å². The molecule has 3 heterocycles. The van der Waals surface area contributed by atoms with Crippen LogP contribution in [-0.2, 0) is 0 Å². The third-order valence-corrected chi connectivity index (χ3v) is 3.61. The molecule has 0 aliphatic heterocycles. The summed E-state index contributed by atoms with van der Waals surface area (Å²) in [5, 5.41) is 8.32. The third-order valence-electron chi connectivity index (χ3n) is 2.33. The van der Waals surface area contributed by atoms with E-state index in [2.05, 4.69) is 62.4 Å². The second-order valence-corrected chi connectivity index (χ2v) is 6.11. The number of aromatic nitrogens is 6. The summed E-state index contributed by atoms with van der Waals surface area (Å²) in [6.07, 6.45) is 3.28. The summed E-state index contributed by atoms with van der Waals surface area (Å²) in [6, 6.07) is 0. The van der Waals surface area contributed by atoms with Crippen molar-refractivity contribution in [3.63, 3.8) is 0 Å². The smallest absolute Gasteiger partial charge is 0.198 e. The van der Waals surface area contributed by atoms with Gasteiger partial charge in [-0.15, -0.1) is 10.2 Å². The second kappa shape index (κ2) is 7.47. The van der Waals surface area contributed by atoms with Gasteiger partial charge in [0, 0.05) is 6.20 Å². The molecule has 8 nitrogen and oxygen atoms in total. The molecule has 0 spiro atoms. The van der Waals surface area contributed by atoms with E-state index in [0.29, 0.717) is 25.8 Å². The Morgan fingerprint density at radius 2 is 1.82 bits per heavy atom. The van der Waals surface area contributed by atoms with Crippen molar-refractivity contribution in [1.29, 1.82) is 0 Å². The number of hydrogen-bond acceptors (Lipinski definition) is 7. The van der Waals surface area contributed by atoms with E-state index in [9.17, 15) is 0 Å². The molecule has 3 N–H and O–H groups in total. The number of rotatable bonds is 1. The summed E-state index contributed by atoms with van der Waals surface area (Å²) in [7, 11) is 0. The number of halogens is 4. The van der Waals surface area contributed by atoms with Gasteiger partial charge < -0.3 is 5.43 Å². The normalized spacial score (nSPS) is 10.3. The highest BCUT2D eigenvalue weighted by Crippen LogP contribution is 2.17. The van der Waals surface area contributed by atoms with Gasteiger partial charge in [-0.1, -0.05) is 23.2 Å². The third kappa shape index (κ3) is 4.02. The molecular weight excluding hydrogens is 463 g/mol. The first-order valence-corrected chi connectivity index (χ1v) is 7.94. The fraction of sp³-hybridized carbons (Fsp3) is 0.100. The van der Waals surface area contributed by atoms with E-state index in [1.807, 2.05) is 6.92 Å². The van der Waals surface area contributed by atoms with Crippen LogP contribution in [0, 0.1) is 6.92 Å². The molecule has 0 saturated carbocycles. The molecule has 0 fully saturated rings. The summed E-state index contributed by atoms with van der Waals surface area (Å²) in [5.74, 6) is 6.20. The van der Waals surface area contributed by atoms with Gasteiger partial charge in [0.1, 0.15) is 15.0 Å². The molecule has 0 aromatic carbocycles. The van der Waals surface area contributed by atoms with Crippen LogP contribution in [0.25, 0.3) is 5.65 Å². The van der Waals surface area contributed by atoms with Gasteiger partial charge in [-0.25, -0.2) is 20.8 Å².